The first-order valence-corrected chi connectivity index (χ1v) is 7.16. The van der Waals surface area contributed by atoms with Crippen LogP contribution in [0.3, 0.4) is 0 Å². The Bertz CT molecular complexity index is 781. The number of aromatic nitrogens is 1. The number of non-ortho nitro benzene ring substituents is 1. The molecule has 0 aliphatic rings. The number of nitro groups is 1. The minimum absolute atomic E-state index is 0.150. The van der Waals surface area contributed by atoms with Crippen molar-refractivity contribution in [1.29, 1.82) is 0 Å². The van der Waals surface area contributed by atoms with Gasteiger partial charge in [0, 0.05) is 18.8 Å². The number of aryl methyl sites for hydroxylation is 1. The number of ether oxygens (including phenoxy) is 1. The second-order valence-electron chi connectivity index (χ2n) is 4.99. The van der Waals surface area contributed by atoms with E-state index in [2.05, 4.69) is 0 Å². The van der Waals surface area contributed by atoms with Gasteiger partial charge in [-0.15, -0.1) is 0 Å². The van der Waals surface area contributed by atoms with Gasteiger partial charge in [-0.25, -0.2) is 0 Å². The first-order valence-electron chi connectivity index (χ1n) is 7.16. The summed E-state index contributed by atoms with van der Waals surface area (Å²) in [7, 11) is 0. The number of para-hydroxylation sites is 1. The molecule has 0 atom stereocenters. The molecule has 2 aromatic carbocycles. The SMILES string of the molecule is O=[N+]([O-])c1cccc2c1ccn2CCCOc1ccccc1. The Morgan fingerprint density at radius 2 is 1.86 bits per heavy atom. The summed E-state index contributed by atoms with van der Waals surface area (Å²) in [5, 5.41) is 11.7. The molecule has 3 aromatic rings. The lowest BCUT2D eigenvalue weighted by molar-refractivity contribution is -0.383. The third-order valence-corrected chi connectivity index (χ3v) is 3.54. The van der Waals surface area contributed by atoms with Gasteiger partial charge in [-0.1, -0.05) is 24.3 Å². The van der Waals surface area contributed by atoms with E-state index < -0.39 is 0 Å². The van der Waals surface area contributed by atoms with Gasteiger partial charge in [0.05, 0.1) is 22.4 Å². The van der Waals surface area contributed by atoms with E-state index in [1.54, 1.807) is 12.1 Å². The summed E-state index contributed by atoms with van der Waals surface area (Å²) in [4.78, 5) is 10.7. The van der Waals surface area contributed by atoms with Gasteiger partial charge in [0.1, 0.15) is 5.75 Å². The number of fused-ring (bicyclic) bond motifs is 1. The molecular formula is C17H16N2O3. The molecule has 5 heteroatoms. The van der Waals surface area contributed by atoms with Crippen molar-refractivity contribution in [3.8, 4) is 5.75 Å². The summed E-state index contributed by atoms with van der Waals surface area (Å²) in [6.45, 7) is 1.37. The van der Waals surface area contributed by atoms with Crippen molar-refractivity contribution in [3.05, 3.63) is 70.9 Å². The molecule has 5 nitrogen and oxygen atoms in total. The molecule has 0 aliphatic heterocycles. The van der Waals surface area contributed by atoms with E-state index in [0.717, 1.165) is 24.2 Å². The van der Waals surface area contributed by atoms with Gasteiger partial charge < -0.3 is 9.30 Å². The Morgan fingerprint density at radius 3 is 2.64 bits per heavy atom. The van der Waals surface area contributed by atoms with Crippen LogP contribution in [0, 0.1) is 10.1 Å². The van der Waals surface area contributed by atoms with Crippen molar-refractivity contribution in [2.45, 2.75) is 13.0 Å². The van der Waals surface area contributed by atoms with Crippen LogP contribution in [0.15, 0.2) is 60.8 Å². The molecule has 0 saturated heterocycles. The van der Waals surface area contributed by atoms with Crippen LogP contribution in [0.25, 0.3) is 10.9 Å². The molecular weight excluding hydrogens is 280 g/mol. The quantitative estimate of drug-likeness (QED) is 0.392. The molecule has 1 aromatic heterocycles. The molecule has 0 N–H and O–H groups in total. The second-order valence-corrected chi connectivity index (χ2v) is 4.99. The predicted octanol–water partition coefficient (Wildman–Crippen LogP) is 4.02. The van der Waals surface area contributed by atoms with Crippen LogP contribution in [-0.4, -0.2) is 16.1 Å². The Labute approximate surface area is 127 Å². The maximum atomic E-state index is 11.0. The fourth-order valence-corrected chi connectivity index (χ4v) is 2.50. The molecule has 0 unspecified atom stereocenters. The highest BCUT2D eigenvalue weighted by Crippen LogP contribution is 2.26. The maximum Gasteiger partial charge on any atom is 0.278 e. The first-order chi connectivity index (χ1) is 10.8. The van der Waals surface area contributed by atoms with Gasteiger partial charge in [-0.3, -0.25) is 10.1 Å². The van der Waals surface area contributed by atoms with Crippen LogP contribution in [0.5, 0.6) is 5.75 Å². The number of nitro benzene ring substituents is 1. The van der Waals surface area contributed by atoms with Crippen LogP contribution in [-0.2, 0) is 6.54 Å². The lowest BCUT2D eigenvalue weighted by Gasteiger charge is -2.07. The number of benzene rings is 2. The largest absolute Gasteiger partial charge is 0.494 e. The molecule has 3 rings (SSSR count). The fourth-order valence-electron chi connectivity index (χ4n) is 2.50. The smallest absolute Gasteiger partial charge is 0.278 e. The van der Waals surface area contributed by atoms with Gasteiger partial charge >= 0.3 is 0 Å². The summed E-state index contributed by atoms with van der Waals surface area (Å²) < 4.78 is 7.68. The van der Waals surface area contributed by atoms with Crippen LogP contribution < -0.4 is 4.74 Å². The Hall–Kier alpha value is -2.82. The lowest BCUT2D eigenvalue weighted by Crippen LogP contribution is -2.03. The molecule has 112 valence electrons. The van der Waals surface area contributed by atoms with Crippen molar-refractivity contribution >= 4 is 16.6 Å². The standard InChI is InChI=1S/C17H16N2O3/c20-19(21)17-9-4-8-16-15(17)10-12-18(16)11-5-13-22-14-6-2-1-3-7-14/h1-4,6-10,12H,5,11,13H2. The van der Waals surface area contributed by atoms with Gasteiger partial charge in [0.15, 0.2) is 0 Å². The molecule has 0 saturated carbocycles. The summed E-state index contributed by atoms with van der Waals surface area (Å²) in [5.74, 6) is 0.857. The molecule has 0 bridgehead atoms. The lowest BCUT2D eigenvalue weighted by atomic mass is 10.2. The van der Waals surface area contributed by atoms with E-state index in [0.29, 0.717) is 12.0 Å². The van der Waals surface area contributed by atoms with Gasteiger partial charge in [0.25, 0.3) is 5.69 Å². The van der Waals surface area contributed by atoms with Gasteiger partial charge in [-0.2, -0.15) is 0 Å². The van der Waals surface area contributed by atoms with E-state index in [-0.39, 0.29) is 10.6 Å². The first kappa shape index (κ1) is 14.1. The average Bonchev–Trinajstić information content (AvgIpc) is 2.95. The number of rotatable bonds is 6. The number of hydrogen-bond donors (Lipinski definition) is 0. The van der Waals surface area contributed by atoms with Crippen LogP contribution in [0.4, 0.5) is 5.69 Å². The molecule has 0 amide bonds. The average molecular weight is 296 g/mol. The molecule has 0 aliphatic carbocycles. The van der Waals surface area contributed by atoms with Crippen LogP contribution in [0.2, 0.25) is 0 Å². The Morgan fingerprint density at radius 1 is 1.05 bits per heavy atom. The zero-order valence-electron chi connectivity index (χ0n) is 12.0. The van der Waals surface area contributed by atoms with Crippen molar-refractivity contribution in [1.82, 2.24) is 4.57 Å². The zero-order valence-corrected chi connectivity index (χ0v) is 12.0. The number of nitrogens with zero attached hydrogens (tertiary/aromatic N) is 2. The highest BCUT2D eigenvalue weighted by molar-refractivity contribution is 5.89. The third-order valence-electron chi connectivity index (χ3n) is 3.54. The predicted molar refractivity (Wildman–Crippen MR) is 85.1 cm³/mol. The Kier molecular flexibility index (Phi) is 4.05. The molecule has 1 heterocycles. The van der Waals surface area contributed by atoms with Crippen molar-refractivity contribution in [2.24, 2.45) is 0 Å². The maximum absolute atomic E-state index is 11.0. The molecule has 0 fully saturated rings. The van der Waals surface area contributed by atoms with Crippen LogP contribution in [0.1, 0.15) is 6.42 Å². The van der Waals surface area contributed by atoms with Crippen molar-refractivity contribution < 1.29 is 9.66 Å². The minimum Gasteiger partial charge on any atom is -0.494 e. The summed E-state index contributed by atoms with van der Waals surface area (Å²) in [5.41, 5.74) is 1.03. The van der Waals surface area contributed by atoms with E-state index in [9.17, 15) is 10.1 Å². The van der Waals surface area contributed by atoms with E-state index in [1.165, 1.54) is 6.07 Å². The van der Waals surface area contributed by atoms with Gasteiger partial charge in [-0.05, 0) is 30.7 Å². The number of hydrogen-bond acceptors (Lipinski definition) is 3. The summed E-state index contributed by atoms with van der Waals surface area (Å²) in [6, 6.07) is 16.6. The topological polar surface area (TPSA) is 57.3 Å². The summed E-state index contributed by atoms with van der Waals surface area (Å²) in [6.07, 6.45) is 2.72. The van der Waals surface area contributed by atoms with E-state index >= 15 is 0 Å². The highest BCUT2D eigenvalue weighted by Gasteiger charge is 2.13. The minimum atomic E-state index is -0.342. The van der Waals surface area contributed by atoms with Crippen molar-refractivity contribution in [3.63, 3.8) is 0 Å². The van der Waals surface area contributed by atoms with Gasteiger partial charge in [0.2, 0.25) is 0 Å². The fraction of sp³-hybridized carbons (Fsp3) is 0.176. The molecule has 0 spiro atoms. The highest BCUT2D eigenvalue weighted by atomic mass is 16.6. The molecule has 22 heavy (non-hydrogen) atoms. The third kappa shape index (κ3) is 2.93. The van der Waals surface area contributed by atoms with E-state index in [1.807, 2.05) is 47.2 Å². The Balaban J connectivity index is 1.65. The monoisotopic (exact) mass is 296 g/mol. The zero-order chi connectivity index (χ0) is 15.4. The summed E-state index contributed by atoms with van der Waals surface area (Å²) >= 11 is 0. The van der Waals surface area contributed by atoms with Crippen molar-refractivity contribution in [2.75, 3.05) is 6.61 Å². The molecule has 0 radical (unpaired) electrons. The second kappa shape index (κ2) is 6.30. The normalized spacial score (nSPS) is 10.7. The van der Waals surface area contributed by atoms with Crippen LogP contribution >= 0.6 is 0 Å². The van der Waals surface area contributed by atoms with E-state index in [4.69, 9.17) is 4.74 Å².